The summed E-state index contributed by atoms with van der Waals surface area (Å²) in [6.07, 6.45) is 4.42. The Labute approximate surface area is 114 Å². The number of aromatic nitrogens is 4. The summed E-state index contributed by atoms with van der Waals surface area (Å²) < 4.78 is 24.2. The van der Waals surface area contributed by atoms with Gasteiger partial charge in [0, 0.05) is 29.7 Å². The third-order valence-electron chi connectivity index (χ3n) is 2.72. The Morgan fingerprint density at radius 1 is 1.15 bits per heavy atom. The third kappa shape index (κ3) is 2.19. The highest BCUT2D eigenvalue weighted by atomic mass is 32.2. The van der Waals surface area contributed by atoms with E-state index in [-0.39, 0.29) is 10.8 Å². The van der Waals surface area contributed by atoms with E-state index in [9.17, 15) is 8.42 Å². The summed E-state index contributed by atoms with van der Waals surface area (Å²) in [5.41, 5.74) is 7.43. The van der Waals surface area contributed by atoms with E-state index in [1.165, 1.54) is 23.0 Å². The van der Waals surface area contributed by atoms with Crippen LogP contribution in [0, 0.1) is 0 Å². The molecular weight excluding hydrogens is 280 g/mol. The normalized spacial score (nSPS) is 11.8. The molecule has 0 spiro atoms. The maximum Gasteiger partial charge on any atom is 0.240 e. The van der Waals surface area contributed by atoms with Crippen molar-refractivity contribution in [1.82, 2.24) is 19.6 Å². The van der Waals surface area contributed by atoms with E-state index in [4.69, 9.17) is 10.9 Å². The Hall–Kier alpha value is -2.52. The Balaban J connectivity index is 2.15. The zero-order chi connectivity index (χ0) is 14.3. The molecule has 9 heteroatoms. The Kier molecular flexibility index (Phi) is 2.66. The van der Waals surface area contributed by atoms with Crippen LogP contribution >= 0.6 is 0 Å². The molecule has 0 atom stereocenters. The molecule has 0 bridgehead atoms. The maximum absolute atomic E-state index is 11.3. The van der Waals surface area contributed by atoms with Crippen LogP contribution in [0.2, 0.25) is 0 Å². The lowest BCUT2D eigenvalue weighted by atomic mass is 10.1. The first-order valence-electron chi connectivity index (χ1n) is 5.53. The number of primary sulfonamides is 1. The van der Waals surface area contributed by atoms with Gasteiger partial charge in [-0.05, 0) is 18.2 Å². The van der Waals surface area contributed by atoms with Gasteiger partial charge >= 0.3 is 0 Å². The van der Waals surface area contributed by atoms with Crippen molar-refractivity contribution in [1.29, 1.82) is 0 Å². The molecule has 8 nitrogen and oxygen atoms in total. The van der Waals surface area contributed by atoms with E-state index in [0.29, 0.717) is 11.2 Å². The monoisotopic (exact) mass is 290 g/mol. The third-order valence-corrected chi connectivity index (χ3v) is 3.60. The highest BCUT2D eigenvalue weighted by molar-refractivity contribution is 7.89. The molecule has 3 heterocycles. The van der Waals surface area contributed by atoms with Crippen LogP contribution in [0.25, 0.3) is 16.8 Å². The van der Waals surface area contributed by atoms with Crippen molar-refractivity contribution in [3.8, 4) is 11.1 Å². The Morgan fingerprint density at radius 2 is 1.95 bits per heavy atom. The van der Waals surface area contributed by atoms with E-state index in [1.54, 1.807) is 18.3 Å². The predicted octanol–water partition coefficient (Wildman–Crippen LogP) is 0.0209. The summed E-state index contributed by atoms with van der Waals surface area (Å²) >= 11 is 0. The van der Waals surface area contributed by atoms with Gasteiger partial charge in [0.2, 0.25) is 16.0 Å². The minimum atomic E-state index is -3.79. The summed E-state index contributed by atoms with van der Waals surface area (Å²) in [5.74, 6) is 0.165. The van der Waals surface area contributed by atoms with Gasteiger partial charge in [-0.3, -0.25) is 4.98 Å². The van der Waals surface area contributed by atoms with Crippen LogP contribution in [0.4, 0.5) is 5.95 Å². The molecule has 0 radical (unpaired) electrons. The minimum absolute atomic E-state index is 0.0480. The molecule has 0 aromatic carbocycles. The van der Waals surface area contributed by atoms with Gasteiger partial charge in [0.1, 0.15) is 4.90 Å². The average Bonchev–Trinajstić information content (AvgIpc) is 2.77. The zero-order valence-corrected chi connectivity index (χ0v) is 10.9. The van der Waals surface area contributed by atoms with Crippen LogP contribution in [0.15, 0.2) is 41.7 Å². The number of pyridine rings is 2. The first-order valence-corrected chi connectivity index (χ1v) is 7.08. The van der Waals surface area contributed by atoms with Gasteiger partial charge in [-0.15, -0.1) is 5.10 Å². The Morgan fingerprint density at radius 3 is 2.70 bits per heavy atom. The molecule has 3 rings (SSSR count). The number of hydrogen-bond acceptors (Lipinski definition) is 6. The molecule has 0 unspecified atom stereocenters. The lowest BCUT2D eigenvalue weighted by Crippen LogP contribution is -2.12. The summed E-state index contributed by atoms with van der Waals surface area (Å²) in [6, 6.07) is 4.94. The topological polar surface area (TPSA) is 129 Å². The van der Waals surface area contributed by atoms with E-state index in [0.717, 1.165) is 5.56 Å². The summed E-state index contributed by atoms with van der Waals surface area (Å²) in [5, 5.41) is 9.08. The van der Waals surface area contributed by atoms with Crippen LogP contribution in [0.1, 0.15) is 0 Å². The van der Waals surface area contributed by atoms with Crippen molar-refractivity contribution in [2.45, 2.75) is 4.90 Å². The number of nitrogens with two attached hydrogens (primary N) is 2. The van der Waals surface area contributed by atoms with Crippen LogP contribution < -0.4 is 10.9 Å². The molecule has 0 saturated heterocycles. The number of fused-ring (bicyclic) bond motifs is 1. The zero-order valence-electron chi connectivity index (χ0n) is 10.1. The summed E-state index contributed by atoms with van der Waals surface area (Å²) in [7, 11) is -3.79. The largest absolute Gasteiger partial charge is 0.366 e. The molecule has 0 aliphatic heterocycles. The molecule has 0 saturated carbocycles. The van der Waals surface area contributed by atoms with Gasteiger partial charge < -0.3 is 5.73 Å². The fraction of sp³-hybridized carbons (Fsp3) is 0. The fourth-order valence-electron chi connectivity index (χ4n) is 1.80. The standard InChI is InChI=1S/C11H10N6O2S/c12-11-15-10-2-1-7(6-17(10)16-11)8-3-9(5-14-4-8)20(13,18)19/h1-6H,(H2,12,16)(H2,13,18,19). The fourth-order valence-corrected chi connectivity index (χ4v) is 2.30. The van der Waals surface area contributed by atoms with Crippen molar-refractivity contribution in [3.63, 3.8) is 0 Å². The van der Waals surface area contributed by atoms with Gasteiger partial charge in [0.05, 0.1) is 0 Å². The Bertz CT molecular complexity index is 902. The molecule has 3 aromatic heterocycles. The molecule has 0 fully saturated rings. The van der Waals surface area contributed by atoms with Gasteiger partial charge in [0.15, 0.2) is 5.65 Å². The van der Waals surface area contributed by atoms with Gasteiger partial charge in [-0.25, -0.2) is 18.1 Å². The van der Waals surface area contributed by atoms with E-state index < -0.39 is 10.0 Å². The SMILES string of the molecule is Nc1nc2ccc(-c3cncc(S(N)(=O)=O)c3)cn2n1. The maximum atomic E-state index is 11.3. The quantitative estimate of drug-likeness (QED) is 0.684. The van der Waals surface area contributed by atoms with Gasteiger partial charge in [-0.1, -0.05) is 0 Å². The first-order chi connectivity index (χ1) is 9.43. The highest BCUT2D eigenvalue weighted by Crippen LogP contribution is 2.21. The second-order valence-corrected chi connectivity index (χ2v) is 5.71. The number of nitrogens with zero attached hydrogens (tertiary/aromatic N) is 4. The average molecular weight is 290 g/mol. The number of rotatable bonds is 2. The van der Waals surface area contributed by atoms with Crippen molar-refractivity contribution in [2.75, 3.05) is 5.73 Å². The van der Waals surface area contributed by atoms with Crippen molar-refractivity contribution >= 4 is 21.6 Å². The second kappa shape index (κ2) is 4.25. The van der Waals surface area contributed by atoms with Crippen molar-refractivity contribution in [3.05, 3.63) is 36.8 Å². The van der Waals surface area contributed by atoms with E-state index in [1.807, 2.05) is 0 Å². The number of sulfonamides is 1. The highest BCUT2D eigenvalue weighted by Gasteiger charge is 2.10. The predicted molar refractivity (Wildman–Crippen MR) is 72.0 cm³/mol. The molecule has 0 amide bonds. The van der Waals surface area contributed by atoms with Crippen LogP contribution in [-0.4, -0.2) is 28.0 Å². The molecular formula is C11H10N6O2S. The molecule has 3 aromatic rings. The molecule has 20 heavy (non-hydrogen) atoms. The smallest absolute Gasteiger partial charge is 0.240 e. The van der Waals surface area contributed by atoms with Gasteiger partial charge in [0.25, 0.3) is 0 Å². The van der Waals surface area contributed by atoms with Crippen molar-refractivity contribution < 1.29 is 8.42 Å². The van der Waals surface area contributed by atoms with E-state index >= 15 is 0 Å². The first kappa shape index (κ1) is 12.5. The minimum Gasteiger partial charge on any atom is -0.366 e. The van der Waals surface area contributed by atoms with E-state index in [2.05, 4.69) is 15.1 Å². The second-order valence-electron chi connectivity index (χ2n) is 4.14. The molecule has 0 aliphatic carbocycles. The lowest BCUT2D eigenvalue weighted by molar-refractivity contribution is 0.597. The van der Waals surface area contributed by atoms with Gasteiger partial charge in [-0.2, -0.15) is 4.98 Å². The molecule has 4 N–H and O–H groups in total. The summed E-state index contributed by atoms with van der Waals surface area (Å²) in [4.78, 5) is 7.84. The number of nitrogen functional groups attached to an aromatic ring is 1. The van der Waals surface area contributed by atoms with Crippen LogP contribution in [-0.2, 0) is 10.0 Å². The van der Waals surface area contributed by atoms with Crippen LogP contribution in [0.5, 0.6) is 0 Å². The van der Waals surface area contributed by atoms with Crippen LogP contribution in [0.3, 0.4) is 0 Å². The summed E-state index contributed by atoms with van der Waals surface area (Å²) in [6.45, 7) is 0. The lowest BCUT2D eigenvalue weighted by Gasteiger charge is -2.03. The van der Waals surface area contributed by atoms with Crippen molar-refractivity contribution in [2.24, 2.45) is 5.14 Å². The molecule has 0 aliphatic rings. The molecule has 102 valence electrons. The number of hydrogen-bond donors (Lipinski definition) is 2. The number of anilines is 1.